The highest BCUT2D eigenvalue weighted by molar-refractivity contribution is 5.77. The summed E-state index contributed by atoms with van der Waals surface area (Å²) in [6.07, 6.45) is 2.21. The van der Waals surface area contributed by atoms with E-state index in [4.69, 9.17) is 9.47 Å². The monoisotopic (exact) mass is 254 g/mol. The molecule has 1 atom stereocenters. The third-order valence-corrected chi connectivity index (χ3v) is 2.24. The Kier molecular flexibility index (Phi) is 9.75. The maximum absolute atomic E-state index is 11.4. The van der Waals surface area contributed by atoms with Gasteiger partial charge in [-0.2, -0.15) is 0 Å². The standard InChI is InChI=1S/C14H22O4/c1-4-7-11-17-13(15)9-10-14(16)18-12(6-3)8-5-2/h12H,4,6-7,9-11H2,1-3H3. The van der Waals surface area contributed by atoms with Gasteiger partial charge in [-0.15, -0.1) is 5.92 Å². The molecular formula is C14H22O4. The first-order valence-electron chi connectivity index (χ1n) is 6.41. The number of carbonyl (C=O) groups excluding carboxylic acids is 2. The van der Waals surface area contributed by atoms with Crippen LogP contribution in [0, 0.1) is 11.8 Å². The lowest BCUT2D eigenvalue weighted by atomic mass is 10.2. The van der Waals surface area contributed by atoms with Gasteiger partial charge in [0, 0.05) is 0 Å². The third-order valence-electron chi connectivity index (χ3n) is 2.24. The molecule has 102 valence electrons. The Bertz CT molecular complexity index is 311. The molecule has 4 nitrogen and oxygen atoms in total. The maximum Gasteiger partial charge on any atom is 0.307 e. The van der Waals surface area contributed by atoms with Gasteiger partial charge in [0.05, 0.1) is 19.4 Å². The average Bonchev–Trinajstić information content (AvgIpc) is 2.36. The van der Waals surface area contributed by atoms with E-state index >= 15 is 0 Å². The second kappa shape index (κ2) is 10.6. The molecule has 0 N–H and O–H groups in total. The predicted octanol–water partition coefficient (Wildman–Crippen LogP) is 2.46. The van der Waals surface area contributed by atoms with Crippen LogP contribution in [0.3, 0.4) is 0 Å². The van der Waals surface area contributed by atoms with Crippen LogP contribution in [0.2, 0.25) is 0 Å². The molecule has 1 unspecified atom stereocenters. The van der Waals surface area contributed by atoms with Gasteiger partial charge in [0.1, 0.15) is 0 Å². The van der Waals surface area contributed by atoms with Crippen LogP contribution in [-0.2, 0) is 19.1 Å². The summed E-state index contributed by atoms with van der Waals surface area (Å²) in [4.78, 5) is 22.7. The van der Waals surface area contributed by atoms with Crippen molar-refractivity contribution in [1.82, 2.24) is 0 Å². The van der Waals surface area contributed by atoms with Gasteiger partial charge in [0.2, 0.25) is 0 Å². The molecule has 0 aliphatic rings. The fourth-order valence-corrected chi connectivity index (χ4v) is 1.20. The molecule has 0 aromatic carbocycles. The van der Waals surface area contributed by atoms with Gasteiger partial charge in [-0.25, -0.2) is 0 Å². The number of ether oxygens (including phenoxy) is 2. The summed E-state index contributed by atoms with van der Waals surface area (Å²) in [5, 5.41) is 0. The number of hydrogen-bond donors (Lipinski definition) is 0. The van der Waals surface area contributed by atoms with Gasteiger partial charge in [-0.3, -0.25) is 9.59 Å². The molecule has 0 rings (SSSR count). The number of esters is 2. The van der Waals surface area contributed by atoms with Gasteiger partial charge in [-0.05, 0) is 19.8 Å². The molecule has 18 heavy (non-hydrogen) atoms. The molecule has 0 saturated heterocycles. The Hall–Kier alpha value is -1.50. The summed E-state index contributed by atoms with van der Waals surface area (Å²) in [6.45, 7) is 6.02. The summed E-state index contributed by atoms with van der Waals surface area (Å²) in [6, 6.07) is 0. The number of hydrogen-bond acceptors (Lipinski definition) is 4. The van der Waals surface area contributed by atoms with Crippen molar-refractivity contribution in [3.63, 3.8) is 0 Å². The Morgan fingerprint density at radius 3 is 2.39 bits per heavy atom. The second-order valence-electron chi connectivity index (χ2n) is 3.86. The first kappa shape index (κ1) is 16.5. The zero-order valence-corrected chi connectivity index (χ0v) is 11.5. The van der Waals surface area contributed by atoms with Crippen molar-refractivity contribution < 1.29 is 19.1 Å². The molecule has 0 bridgehead atoms. The van der Waals surface area contributed by atoms with E-state index in [1.54, 1.807) is 6.92 Å². The van der Waals surface area contributed by atoms with Crippen LogP contribution in [0.15, 0.2) is 0 Å². The fourth-order valence-electron chi connectivity index (χ4n) is 1.20. The van der Waals surface area contributed by atoms with Crippen LogP contribution in [0.5, 0.6) is 0 Å². The highest BCUT2D eigenvalue weighted by Crippen LogP contribution is 2.02. The van der Waals surface area contributed by atoms with Crippen LogP contribution < -0.4 is 0 Å². The summed E-state index contributed by atoms with van der Waals surface area (Å²) in [7, 11) is 0. The highest BCUT2D eigenvalue weighted by Gasteiger charge is 2.12. The molecule has 0 amide bonds. The maximum atomic E-state index is 11.4. The zero-order valence-electron chi connectivity index (χ0n) is 11.5. The van der Waals surface area contributed by atoms with Gasteiger partial charge >= 0.3 is 11.9 Å². The molecule has 0 aromatic rings. The lowest BCUT2D eigenvalue weighted by Gasteiger charge is -2.09. The van der Waals surface area contributed by atoms with Crippen LogP contribution in [0.1, 0.15) is 52.9 Å². The highest BCUT2D eigenvalue weighted by atomic mass is 16.5. The molecule has 0 radical (unpaired) electrons. The molecule has 0 saturated carbocycles. The molecule has 0 aromatic heterocycles. The zero-order chi connectivity index (χ0) is 13.8. The van der Waals surface area contributed by atoms with E-state index in [0.717, 1.165) is 12.8 Å². The average molecular weight is 254 g/mol. The van der Waals surface area contributed by atoms with E-state index in [9.17, 15) is 9.59 Å². The Morgan fingerprint density at radius 1 is 1.17 bits per heavy atom. The minimum Gasteiger partial charge on any atom is -0.466 e. The van der Waals surface area contributed by atoms with E-state index in [1.807, 2.05) is 13.8 Å². The Morgan fingerprint density at radius 2 is 1.83 bits per heavy atom. The van der Waals surface area contributed by atoms with Crippen LogP contribution in [-0.4, -0.2) is 24.6 Å². The van der Waals surface area contributed by atoms with Gasteiger partial charge in [-0.1, -0.05) is 26.2 Å². The van der Waals surface area contributed by atoms with Crippen LogP contribution >= 0.6 is 0 Å². The van der Waals surface area contributed by atoms with Gasteiger partial charge in [0.25, 0.3) is 0 Å². The first-order valence-corrected chi connectivity index (χ1v) is 6.41. The largest absolute Gasteiger partial charge is 0.466 e. The van der Waals surface area contributed by atoms with E-state index in [1.165, 1.54) is 0 Å². The van der Waals surface area contributed by atoms with E-state index in [0.29, 0.717) is 13.0 Å². The quantitative estimate of drug-likeness (QED) is 0.379. The topological polar surface area (TPSA) is 52.6 Å². The summed E-state index contributed by atoms with van der Waals surface area (Å²) in [5.74, 6) is 4.73. The SMILES string of the molecule is CC#CC(CC)OC(=O)CCC(=O)OCCCC. The van der Waals surface area contributed by atoms with E-state index < -0.39 is 5.97 Å². The summed E-state index contributed by atoms with van der Waals surface area (Å²) < 4.78 is 10.0. The van der Waals surface area contributed by atoms with Crippen LogP contribution in [0.25, 0.3) is 0 Å². The number of carbonyl (C=O) groups is 2. The molecule has 0 aliphatic heterocycles. The lowest BCUT2D eigenvalue weighted by molar-refractivity contribution is -0.152. The molecule has 4 heteroatoms. The van der Waals surface area contributed by atoms with E-state index in [2.05, 4.69) is 11.8 Å². The van der Waals surface area contributed by atoms with Crippen molar-refractivity contribution in [2.45, 2.75) is 59.0 Å². The van der Waals surface area contributed by atoms with Crippen molar-refractivity contribution in [1.29, 1.82) is 0 Å². The van der Waals surface area contributed by atoms with Crippen molar-refractivity contribution in [3.05, 3.63) is 0 Å². The van der Waals surface area contributed by atoms with Crippen molar-refractivity contribution in [2.24, 2.45) is 0 Å². The first-order chi connectivity index (χ1) is 8.63. The Labute approximate surface area is 109 Å². The van der Waals surface area contributed by atoms with Crippen molar-refractivity contribution >= 4 is 11.9 Å². The molecule has 0 spiro atoms. The smallest absolute Gasteiger partial charge is 0.307 e. The summed E-state index contributed by atoms with van der Waals surface area (Å²) >= 11 is 0. The van der Waals surface area contributed by atoms with Gasteiger partial charge in [0.15, 0.2) is 6.10 Å². The third kappa shape index (κ3) is 8.63. The fraction of sp³-hybridized carbons (Fsp3) is 0.714. The normalized spacial score (nSPS) is 11.1. The number of rotatable bonds is 8. The molecule has 0 fully saturated rings. The van der Waals surface area contributed by atoms with Crippen molar-refractivity contribution in [3.8, 4) is 11.8 Å². The van der Waals surface area contributed by atoms with Gasteiger partial charge < -0.3 is 9.47 Å². The number of unbranched alkanes of at least 4 members (excludes halogenated alkanes) is 1. The van der Waals surface area contributed by atoms with Crippen molar-refractivity contribution in [2.75, 3.05) is 6.61 Å². The minimum atomic E-state index is -0.406. The minimum absolute atomic E-state index is 0.0485. The van der Waals surface area contributed by atoms with Crippen LogP contribution in [0.4, 0.5) is 0 Å². The lowest BCUT2D eigenvalue weighted by Crippen LogP contribution is -2.17. The molecule has 0 heterocycles. The second-order valence-corrected chi connectivity index (χ2v) is 3.86. The predicted molar refractivity (Wildman–Crippen MR) is 68.7 cm³/mol. The summed E-state index contributed by atoms with van der Waals surface area (Å²) in [5.41, 5.74) is 0. The molecular weight excluding hydrogens is 232 g/mol. The van der Waals surface area contributed by atoms with E-state index in [-0.39, 0.29) is 24.9 Å². The molecule has 0 aliphatic carbocycles. The Balaban J connectivity index is 3.80.